The molecule has 1 aliphatic carbocycles. The molecule has 1 saturated carbocycles. The van der Waals surface area contributed by atoms with Crippen molar-refractivity contribution < 1.29 is 14.3 Å². The van der Waals surface area contributed by atoms with Crippen LogP contribution in [0.3, 0.4) is 0 Å². The Kier molecular flexibility index (Phi) is 5.48. The van der Waals surface area contributed by atoms with Crippen LogP contribution in [0.1, 0.15) is 52.2 Å². The molecule has 8 rings (SSSR count). The van der Waals surface area contributed by atoms with Crippen LogP contribution < -0.4 is 25.9 Å². The molecule has 7 nitrogen and oxygen atoms in total. The van der Waals surface area contributed by atoms with E-state index >= 15 is 0 Å². The number of likely N-dealkylation sites (tertiary alicyclic amines) is 1. The topological polar surface area (TPSA) is 84.8 Å². The van der Waals surface area contributed by atoms with Gasteiger partial charge in [0.25, 0.3) is 0 Å². The number of hydrogen-bond donors (Lipinski definition) is 2. The van der Waals surface area contributed by atoms with E-state index in [2.05, 4.69) is 21.6 Å². The first kappa shape index (κ1) is 25.1. The van der Waals surface area contributed by atoms with Gasteiger partial charge in [-0.25, -0.2) is 4.79 Å². The van der Waals surface area contributed by atoms with Gasteiger partial charge in [-0.15, -0.1) is 0 Å². The van der Waals surface area contributed by atoms with Crippen LogP contribution >= 0.6 is 23.2 Å². The van der Waals surface area contributed by atoms with Gasteiger partial charge in [-0.1, -0.05) is 46.1 Å². The van der Waals surface area contributed by atoms with Crippen molar-refractivity contribution in [3.8, 4) is 0 Å². The van der Waals surface area contributed by atoms with Crippen molar-refractivity contribution in [2.75, 3.05) is 19.0 Å². The first-order valence-electron chi connectivity index (χ1n) is 14.0. The lowest BCUT2D eigenvalue weighted by molar-refractivity contribution is -0.128. The Hall–Kier alpha value is -3.61. The Morgan fingerprint density at radius 2 is 2.00 bits per heavy atom. The summed E-state index contributed by atoms with van der Waals surface area (Å²) in [6.07, 6.45) is 4.84. The highest BCUT2D eigenvalue weighted by Gasteiger charge is 2.69. The summed E-state index contributed by atoms with van der Waals surface area (Å²) in [5.41, 5.74) is 4.02. The first-order valence-corrected chi connectivity index (χ1v) is 14.7. The largest absolute Gasteiger partial charge is 0.465 e. The molecule has 3 fully saturated rings. The van der Waals surface area contributed by atoms with Crippen molar-refractivity contribution in [1.29, 1.82) is 0 Å². The maximum absolute atomic E-state index is 14.4. The zero-order chi connectivity index (χ0) is 28.0. The Morgan fingerprint density at radius 3 is 2.80 bits per heavy atom. The van der Waals surface area contributed by atoms with E-state index in [4.69, 9.17) is 32.6 Å². The van der Waals surface area contributed by atoms with Crippen molar-refractivity contribution in [3.05, 3.63) is 97.5 Å². The van der Waals surface area contributed by atoms with E-state index in [0.717, 1.165) is 46.3 Å². The molecule has 2 N–H and O–H groups in total. The number of nitrogens with zero attached hydrogens (tertiary/aromatic N) is 2. The maximum Gasteiger partial charge on any atom is 0.338 e. The van der Waals surface area contributed by atoms with E-state index in [1.54, 1.807) is 18.3 Å². The predicted octanol–water partition coefficient (Wildman–Crippen LogP) is 3.10. The van der Waals surface area contributed by atoms with E-state index in [9.17, 15) is 9.59 Å². The van der Waals surface area contributed by atoms with Crippen LogP contribution in [0.4, 0.5) is 5.69 Å². The SMILES string of the molecule is COC(=O)c1cc/c2c(c1)=[N+]=Cc1c(Cl)cccc1[C@H]1[C@@H]3N\C=2C[C@@H]3N(CC2CC2)[C@@]12C(=O)Nc1cc(Cl)ccc12. The fourth-order valence-electron chi connectivity index (χ4n) is 7.59. The number of benzene rings is 3. The van der Waals surface area contributed by atoms with Gasteiger partial charge in [-0.3, -0.25) is 9.69 Å². The quantitative estimate of drug-likeness (QED) is 0.364. The van der Waals surface area contributed by atoms with Crippen molar-refractivity contribution in [2.24, 2.45) is 5.92 Å². The molecule has 0 radical (unpaired) electrons. The molecule has 9 heteroatoms. The lowest BCUT2D eigenvalue weighted by Crippen LogP contribution is -2.53. The third-order valence-corrected chi connectivity index (χ3v) is 10.0. The zero-order valence-corrected chi connectivity index (χ0v) is 23.8. The number of nitrogens with one attached hydrogen (secondary N) is 2. The molecule has 4 heterocycles. The number of hydrogen-bond acceptors (Lipinski definition) is 5. The molecule has 41 heavy (non-hydrogen) atoms. The molecule has 2 saturated heterocycles. The highest BCUT2D eigenvalue weighted by molar-refractivity contribution is 6.33. The smallest absolute Gasteiger partial charge is 0.338 e. The van der Waals surface area contributed by atoms with Crippen LogP contribution in [0, 0.1) is 5.92 Å². The molecule has 2 bridgehead atoms. The summed E-state index contributed by atoms with van der Waals surface area (Å²) in [5.74, 6) is -0.130. The minimum absolute atomic E-state index is 0.0267. The predicted molar refractivity (Wildman–Crippen MR) is 158 cm³/mol. The monoisotopic (exact) mass is 585 g/mol. The minimum atomic E-state index is -0.930. The van der Waals surface area contributed by atoms with Crippen LogP contribution in [0.2, 0.25) is 10.0 Å². The van der Waals surface area contributed by atoms with Gasteiger partial charge in [0.05, 0.1) is 34.5 Å². The van der Waals surface area contributed by atoms with Gasteiger partial charge < -0.3 is 15.4 Å². The molecule has 1 spiro atoms. The number of halogens is 2. The zero-order valence-electron chi connectivity index (χ0n) is 22.3. The molecule has 5 aliphatic rings. The molecule has 3 aromatic rings. The highest BCUT2D eigenvalue weighted by Crippen LogP contribution is 2.60. The summed E-state index contributed by atoms with van der Waals surface area (Å²) in [5, 5.41) is 9.82. The number of fused-ring (bicyclic) bond motifs is 7. The van der Waals surface area contributed by atoms with Gasteiger partial charge in [-0.2, -0.15) is 0 Å². The molecule has 206 valence electrons. The number of carbonyl (C=O) groups excluding carboxylic acids is 2. The van der Waals surface area contributed by atoms with E-state index in [1.807, 2.05) is 36.4 Å². The second kappa shape index (κ2) is 8.94. The summed E-state index contributed by atoms with van der Waals surface area (Å²) < 4.78 is 9.86. The third kappa shape index (κ3) is 3.53. The maximum atomic E-state index is 14.4. The number of ether oxygens (including phenoxy) is 1. The summed E-state index contributed by atoms with van der Waals surface area (Å²) in [4.78, 5) is 29.3. The number of esters is 1. The Bertz CT molecular complexity index is 1850. The van der Waals surface area contributed by atoms with Gasteiger partial charge in [0.2, 0.25) is 5.91 Å². The number of carbonyl (C=O) groups is 2. The molecule has 4 aliphatic heterocycles. The molecule has 4 atom stereocenters. The number of anilines is 1. The molecular weight excluding hydrogens is 559 g/mol. The number of amides is 1. The molecular formula is C32H27Cl2N4O3+. The summed E-state index contributed by atoms with van der Waals surface area (Å²) in [7, 11) is 1.37. The molecule has 3 aromatic carbocycles. The normalized spacial score (nSPS) is 28.4. The third-order valence-electron chi connectivity index (χ3n) is 9.47. The molecule has 0 unspecified atom stereocenters. The van der Waals surface area contributed by atoms with E-state index < -0.39 is 11.5 Å². The lowest BCUT2D eigenvalue weighted by atomic mass is 9.72. The van der Waals surface area contributed by atoms with E-state index in [0.29, 0.717) is 26.9 Å². The van der Waals surface area contributed by atoms with Gasteiger partial charge in [0.15, 0.2) is 0 Å². The van der Waals surface area contributed by atoms with Crippen molar-refractivity contribution in [2.45, 2.75) is 42.8 Å². The van der Waals surface area contributed by atoms with Crippen molar-refractivity contribution in [3.63, 3.8) is 0 Å². The summed E-state index contributed by atoms with van der Waals surface area (Å²) >= 11 is 13.3. The van der Waals surface area contributed by atoms with Crippen molar-refractivity contribution in [1.82, 2.24) is 14.9 Å². The number of rotatable bonds is 3. The van der Waals surface area contributed by atoms with Crippen LogP contribution in [0.15, 0.2) is 54.6 Å². The summed E-state index contributed by atoms with van der Waals surface area (Å²) in [6.45, 7) is 0.834. The van der Waals surface area contributed by atoms with Gasteiger partial charge >= 0.3 is 17.5 Å². The fraction of sp³-hybridized carbons (Fsp3) is 0.312. The van der Waals surface area contributed by atoms with Gasteiger partial charge in [0.1, 0.15) is 5.54 Å². The first-order chi connectivity index (χ1) is 19.9. The van der Waals surface area contributed by atoms with Crippen molar-refractivity contribution >= 4 is 52.7 Å². The van der Waals surface area contributed by atoms with Crippen LogP contribution in [-0.4, -0.2) is 48.7 Å². The van der Waals surface area contributed by atoms with Gasteiger partial charge in [-0.05, 0) is 54.7 Å². The fourth-order valence-corrected chi connectivity index (χ4v) is 7.99. The standard InChI is InChI=1S/C32H26Cl2N4O3/c1-41-30(39)17-7-9-20-24(11-17)35-14-21-19(3-2-4-23(21)34)28-29-27(13-25(20)36-29)38(15-16-5-6-16)32(28)22-10-8-18(33)12-26(22)37-31(32)40/h2-4,7-12,14,16,27-29H,5-6,13,15H2,1H3,(H,37,40)/p+1/t27-,28-,29+,32+/m0/s1. The molecule has 0 aromatic heterocycles. The number of methoxy groups -OCH3 is 1. The van der Waals surface area contributed by atoms with Crippen LogP contribution in [0.5, 0.6) is 0 Å². The average molecular weight is 586 g/mol. The Labute approximate surface area is 246 Å². The minimum Gasteiger partial charge on any atom is -0.465 e. The highest BCUT2D eigenvalue weighted by atomic mass is 35.5. The van der Waals surface area contributed by atoms with Gasteiger partial charge in [0, 0.05) is 53.0 Å². The van der Waals surface area contributed by atoms with E-state index in [1.165, 1.54) is 20.0 Å². The Morgan fingerprint density at radius 1 is 1.15 bits per heavy atom. The van der Waals surface area contributed by atoms with Crippen LogP contribution in [-0.2, 0) is 15.1 Å². The second-order valence-corrected chi connectivity index (χ2v) is 12.5. The summed E-state index contributed by atoms with van der Waals surface area (Å²) in [6, 6.07) is 17.1. The lowest BCUT2D eigenvalue weighted by Gasteiger charge is -2.40. The van der Waals surface area contributed by atoms with Crippen LogP contribution in [0.25, 0.3) is 5.70 Å². The average Bonchev–Trinajstić information content (AvgIpc) is 3.54. The van der Waals surface area contributed by atoms with E-state index in [-0.39, 0.29) is 23.9 Å². The second-order valence-electron chi connectivity index (χ2n) is 11.6. The Balaban J connectivity index is 1.45. The molecule has 1 amide bonds.